The Morgan fingerprint density at radius 1 is 1.14 bits per heavy atom. The Bertz CT molecular complexity index is 710. The predicted octanol–water partition coefficient (Wildman–Crippen LogP) is 1.19. The number of nitrogens with zero attached hydrogens (tertiary/aromatic N) is 1. The van der Waals surface area contributed by atoms with Crippen molar-refractivity contribution in [1.29, 1.82) is 0 Å². The Hall–Kier alpha value is -1.98. The number of rotatable bonds is 2. The molecule has 4 rings (SSSR count). The Kier molecular flexibility index (Phi) is 2.52. The van der Waals surface area contributed by atoms with Crippen LogP contribution in [0.4, 0.5) is 5.69 Å². The monoisotopic (exact) mass is 299 g/mol. The summed E-state index contributed by atoms with van der Waals surface area (Å²) in [5, 5.41) is 9.74. The first-order chi connectivity index (χ1) is 10.4. The molecule has 1 aromatic carbocycles. The van der Waals surface area contributed by atoms with Crippen LogP contribution in [0, 0.1) is 18.8 Å². The third-order valence-electron chi connectivity index (χ3n) is 5.10. The van der Waals surface area contributed by atoms with Gasteiger partial charge in [0.25, 0.3) is 0 Å². The zero-order chi connectivity index (χ0) is 15.7. The minimum atomic E-state index is -1.06. The van der Waals surface area contributed by atoms with Crippen LogP contribution in [0.1, 0.15) is 12.5 Å². The van der Waals surface area contributed by atoms with Gasteiger partial charge in [-0.15, -0.1) is 0 Å². The van der Waals surface area contributed by atoms with Crippen molar-refractivity contribution in [2.24, 2.45) is 11.8 Å². The lowest BCUT2D eigenvalue weighted by molar-refractivity contribution is -0.131. The van der Waals surface area contributed by atoms with E-state index in [2.05, 4.69) is 0 Å². The standard InChI is InChI=1S/C17H17NO4/c1-10-3-5-11(6-4-10)18-14(20)12-13(15(18)21)17(9-19)8-7-16(12,2)22-17/h3-8,12-13,19H,9H2,1-2H3/t12-,13-,16-,17+/m0/s1. The minimum absolute atomic E-state index is 0.249. The van der Waals surface area contributed by atoms with Gasteiger partial charge in [0.15, 0.2) is 0 Å². The molecule has 2 bridgehead atoms. The quantitative estimate of drug-likeness (QED) is 0.658. The molecule has 0 aromatic heterocycles. The summed E-state index contributed by atoms with van der Waals surface area (Å²) in [6.07, 6.45) is 3.53. The van der Waals surface area contributed by atoms with Gasteiger partial charge in [-0.25, -0.2) is 4.90 Å². The molecule has 0 radical (unpaired) electrons. The molecule has 5 heteroatoms. The van der Waals surface area contributed by atoms with Crippen LogP contribution in [-0.4, -0.2) is 34.7 Å². The number of hydrogen-bond donors (Lipinski definition) is 1. The van der Waals surface area contributed by atoms with Crippen LogP contribution in [-0.2, 0) is 14.3 Å². The number of fused-ring (bicyclic) bond motifs is 5. The fourth-order valence-corrected chi connectivity index (χ4v) is 3.99. The number of amides is 2. The minimum Gasteiger partial charge on any atom is -0.393 e. The van der Waals surface area contributed by atoms with Crippen molar-refractivity contribution in [3.05, 3.63) is 42.0 Å². The van der Waals surface area contributed by atoms with Gasteiger partial charge in [-0.3, -0.25) is 9.59 Å². The van der Waals surface area contributed by atoms with Crippen LogP contribution in [0.2, 0.25) is 0 Å². The van der Waals surface area contributed by atoms with E-state index < -0.39 is 23.0 Å². The molecule has 2 fully saturated rings. The smallest absolute Gasteiger partial charge is 0.241 e. The largest absolute Gasteiger partial charge is 0.393 e. The third-order valence-corrected chi connectivity index (χ3v) is 5.10. The van der Waals surface area contributed by atoms with E-state index in [1.807, 2.05) is 19.1 Å². The van der Waals surface area contributed by atoms with Gasteiger partial charge in [0.05, 0.1) is 29.7 Å². The molecule has 4 atom stereocenters. The second kappa shape index (κ2) is 4.06. The van der Waals surface area contributed by atoms with Crippen molar-refractivity contribution in [3.63, 3.8) is 0 Å². The molecule has 3 heterocycles. The summed E-state index contributed by atoms with van der Waals surface area (Å²) in [5.41, 5.74) is -0.247. The van der Waals surface area contributed by atoms with Gasteiger partial charge in [0.1, 0.15) is 5.60 Å². The van der Waals surface area contributed by atoms with Gasteiger partial charge in [0.2, 0.25) is 11.8 Å². The number of imide groups is 1. The molecule has 3 aliphatic rings. The second-order valence-corrected chi connectivity index (χ2v) is 6.54. The van der Waals surface area contributed by atoms with E-state index in [9.17, 15) is 14.7 Å². The summed E-state index contributed by atoms with van der Waals surface area (Å²) in [5.74, 6) is -1.76. The number of ether oxygens (including phenoxy) is 1. The fraction of sp³-hybridized carbons (Fsp3) is 0.412. The van der Waals surface area contributed by atoms with E-state index >= 15 is 0 Å². The van der Waals surface area contributed by atoms with Gasteiger partial charge in [-0.05, 0) is 26.0 Å². The number of aliphatic hydroxyl groups excluding tert-OH is 1. The Morgan fingerprint density at radius 3 is 2.41 bits per heavy atom. The maximum absolute atomic E-state index is 12.9. The molecular weight excluding hydrogens is 282 g/mol. The van der Waals surface area contributed by atoms with E-state index in [4.69, 9.17) is 4.74 Å². The van der Waals surface area contributed by atoms with E-state index in [0.29, 0.717) is 5.69 Å². The van der Waals surface area contributed by atoms with E-state index in [0.717, 1.165) is 5.56 Å². The van der Waals surface area contributed by atoms with E-state index in [1.165, 1.54) is 4.90 Å². The van der Waals surface area contributed by atoms with Crippen molar-refractivity contribution in [3.8, 4) is 0 Å². The highest BCUT2D eigenvalue weighted by atomic mass is 16.5. The zero-order valence-corrected chi connectivity index (χ0v) is 12.4. The molecule has 2 saturated heterocycles. The van der Waals surface area contributed by atoms with Gasteiger partial charge in [-0.1, -0.05) is 29.8 Å². The molecule has 114 valence electrons. The van der Waals surface area contributed by atoms with Crippen LogP contribution < -0.4 is 4.90 Å². The molecule has 3 aliphatic heterocycles. The Labute approximate surface area is 128 Å². The van der Waals surface area contributed by atoms with Crippen molar-refractivity contribution in [1.82, 2.24) is 0 Å². The number of aliphatic hydroxyl groups is 1. The van der Waals surface area contributed by atoms with E-state index in [-0.39, 0.29) is 18.4 Å². The number of benzene rings is 1. The number of carbonyl (C=O) groups excluding carboxylic acids is 2. The average Bonchev–Trinajstić information content (AvgIpc) is 3.07. The summed E-state index contributed by atoms with van der Waals surface area (Å²) in [6, 6.07) is 7.29. The molecule has 0 unspecified atom stereocenters. The van der Waals surface area contributed by atoms with Crippen LogP contribution in [0.5, 0.6) is 0 Å². The van der Waals surface area contributed by atoms with Gasteiger partial charge >= 0.3 is 0 Å². The first kappa shape index (κ1) is 13.7. The first-order valence-corrected chi connectivity index (χ1v) is 7.38. The number of hydrogen-bond acceptors (Lipinski definition) is 4. The van der Waals surface area contributed by atoms with E-state index in [1.54, 1.807) is 31.2 Å². The highest BCUT2D eigenvalue weighted by molar-refractivity contribution is 6.23. The number of anilines is 1. The molecule has 1 aromatic rings. The summed E-state index contributed by atoms with van der Waals surface area (Å²) < 4.78 is 5.88. The van der Waals surface area contributed by atoms with Crippen LogP contribution >= 0.6 is 0 Å². The maximum atomic E-state index is 12.9. The predicted molar refractivity (Wildman–Crippen MR) is 79.1 cm³/mol. The number of aryl methyl sites for hydroxylation is 1. The van der Waals surface area contributed by atoms with Gasteiger partial charge in [0, 0.05) is 0 Å². The summed E-state index contributed by atoms with van der Waals surface area (Å²) >= 11 is 0. The SMILES string of the molecule is Cc1ccc(N2C(=O)[C@@H]3[C@@H](C2=O)[C@]2(C)C=C[C@]3(CO)O2)cc1. The lowest BCUT2D eigenvalue weighted by Crippen LogP contribution is -2.43. The van der Waals surface area contributed by atoms with Gasteiger partial charge < -0.3 is 9.84 Å². The Morgan fingerprint density at radius 2 is 1.77 bits per heavy atom. The lowest BCUT2D eigenvalue weighted by atomic mass is 9.73. The molecule has 22 heavy (non-hydrogen) atoms. The highest BCUT2D eigenvalue weighted by Gasteiger charge is 2.72. The summed E-state index contributed by atoms with van der Waals surface area (Å²) in [7, 11) is 0. The molecular formula is C17H17NO4. The summed E-state index contributed by atoms with van der Waals surface area (Å²) in [4.78, 5) is 26.9. The van der Waals surface area contributed by atoms with Crippen molar-refractivity contribution in [2.75, 3.05) is 11.5 Å². The van der Waals surface area contributed by atoms with Crippen molar-refractivity contribution >= 4 is 17.5 Å². The third kappa shape index (κ3) is 1.45. The van der Waals surface area contributed by atoms with Crippen LogP contribution in [0.3, 0.4) is 0 Å². The van der Waals surface area contributed by atoms with Crippen LogP contribution in [0.15, 0.2) is 36.4 Å². The maximum Gasteiger partial charge on any atom is 0.241 e. The molecule has 2 amide bonds. The lowest BCUT2D eigenvalue weighted by Gasteiger charge is -2.26. The molecule has 0 aliphatic carbocycles. The average molecular weight is 299 g/mol. The van der Waals surface area contributed by atoms with Crippen molar-refractivity contribution in [2.45, 2.75) is 25.0 Å². The van der Waals surface area contributed by atoms with Crippen molar-refractivity contribution < 1.29 is 19.4 Å². The zero-order valence-electron chi connectivity index (χ0n) is 12.4. The molecule has 5 nitrogen and oxygen atoms in total. The Balaban J connectivity index is 1.80. The number of carbonyl (C=O) groups is 2. The van der Waals surface area contributed by atoms with Gasteiger partial charge in [-0.2, -0.15) is 0 Å². The second-order valence-electron chi connectivity index (χ2n) is 6.54. The molecule has 1 N–H and O–H groups in total. The fourth-order valence-electron chi connectivity index (χ4n) is 3.99. The topological polar surface area (TPSA) is 66.8 Å². The summed E-state index contributed by atoms with van der Waals surface area (Å²) in [6.45, 7) is 3.45. The molecule has 0 spiro atoms. The van der Waals surface area contributed by atoms with Crippen LogP contribution in [0.25, 0.3) is 0 Å². The molecule has 0 saturated carbocycles. The highest BCUT2D eigenvalue weighted by Crippen LogP contribution is 2.57. The first-order valence-electron chi connectivity index (χ1n) is 7.38. The normalized spacial score (nSPS) is 39.0.